The molecule has 120 valence electrons. The van der Waals surface area contributed by atoms with Crippen molar-refractivity contribution in [2.75, 3.05) is 0 Å². The Balaban J connectivity index is 1.68. The molecule has 0 radical (unpaired) electrons. The molecule has 3 saturated carbocycles. The third kappa shape index (κ3) is 1.80. The molecule has 4 aliphatic carbocycles. The average molecular weight is 298 g/mol. The lowest BCUT2D eigenvalue weighted by Crippen LogP contribution is -2.49. The second kappa shape index (κ2) is 4.82. The molecule has 4 rings (SSSR count). The Hall–Kier alpha value is -0.850. The largest absolute Gasteiger partial charge is 0.290 e. The Morgan fingerprint density at radius 2 is 1.95 bits per heavy atom. The molecule has 0 bridgehead atoms. The van der Waals surface area contributed by atoms with E-state index in [9.17, 15) is 4.79 Å². The molecule has 6 atom stereocenters. The zero-order valence-corrected chi connectivity index (χ0v) is 14.4. The molecule has 0 N–H and O–H groups in total. The van der Waals surface area contributed by atoms with Crippen molar-refractivity contribution in [3.05, 3.63) is 23.8 Å². The first-order valence-electron chi connectivity index (χ1n) is 9.43. The van der Waals surface area contributed by atoms with Crippen LogP contribution in [0.25, 0.3) is 0 Å². The third-order valence-corrected chi connectivity index (χ3v) is 8.25. The number of carbonyl (C=O) groups excluding carboxylic acids is 1. The van der Waals surface area contributed by atoms with Crippen molar-refractivity contribution in [3.63, 3.8) is 0 Å². The van der Waals surface area contributed by atoms with Crippen LogP contribution in [0.4, 0.5) is 0 Å². The molecule has 0 spiro atoms. The number of allylic oxidation sites excluding steroid dienone is 4. The number of rotatable bonds is 1. The minimum absolute atomic E-state index is 0.169. The second-order valence-corrected chi connectivity index (χ2v) is 8.83. The zero-order chi connectivity index (χ0) is 15.5. The third-order valence-electron chi connectivity index (χ3n) is 8.25. The predicted octanol–water partition coefficient (Wildman–Crippen LogP) is 5.32. The highest BCUT2D eigenvalue weighted by Gasteiger charge is 2.57. The summed E-state index contributed by atoms with van der Waals surface area (Å²) in [5.74, 6) is 3.74. The molecule has 1 unspecified atom stereocenters. The number of carbonyl (C=O) groups is 1. The van der Waals surface area contributed by atoms with E-state index in [1.165, 1.54) is 44.1 Å². The number of hydrogen-bond donors (Lipinski definition) is 0. The van der Waals surface area contributed by atoms with E-state index in [4.69, 9.17) is 0 Å². The Bertz CT molecular complexity index is 556. The molecule has 1 heteroatoms. The van der Waals surface area contributed by atoms with Crippen molar-refractivity contribution in [1.82, 2.24) is 0 Å². The van der Waals surface area contributed by atoms with E-state index in [0.717, 1.165) is 30.1 Å². The van der Waals surface area contributed by atoms with Crippen molar-refractivity contribution < 1.29 is 4.79 Å². The fraction of sp³-hybridized carbons (Fsp3) is 0.762. The summed E-state index contributed by atoms with van der Waals surface area (Å²) in [7, 11) is 0. The van der Waals surface area contributed by atoms with Crippen LogP contribution >= 0.6 is 0 Å². The van der Waals surface area contributed by atoms with Crippen LogP contribution in [-0.4, -0.2) is 5.78 Å². The summed E-state index contributed by atoms with van der Waals surface area (Å²) in [5, 5.41) is 0. The molecular weight excluding hydrogens is 268 g/mol. The van der Waals surface area contributed by atoms with E-state index in [1.807, 2.05) is 12.2 Å². The van der Waals surface area contributed by atoms with Crippen LogP contribution < -0.4 is 0 Å². The highest BCUT2D eigenvalue weighted by molar-refractivity contribution is 6.01. The fourth-order valence-electron chi connectivity index (χ4n) is 6.98. The molecule has 0 aliphatic heterocycles. The minimum Gasteiger partial charge on any atom is -0.290 e. The van der Waals surface area contributed by atoms with E-state index in [2.05, 4.69) is 26.8 Å². The summed E-state index contributed by atoms with van der Waals surface area (Å²) in [4.78, 5) is 11.8. The lowest BCUT2D eigenvalue weighted by molar-refractivity contribution is -0.111. The van der Waals surface area contributed by atoms with Crippen LogP contribution in [-0.2, 0) is 4.79 Å². The van der Waals surface area contributed by atoms with Gasteiger partial charge in [0.15, 0.2) is 5.78 Å². The summed E-state index contributed by atoms with van der Waals surface area (Å²) in [6.07, 6.45) is 15.6. The Morgan fingerprint density at radius 1 is 1.14 bits per heavy atom. The highest BCUT2D eigenvalue weighted by Crippen LogP contribution is 2.66. The lowest BCUT2D eigenvalue weighted by atomic mass is 9.47. The van der Waals surface area contributed by atoms with Crippen LogP contribution in [0.1, 0.15) is 65.7 Å². The van der Waals surface area contributed by atoms with Crippen LogP contribution in [0.5, 0.6) is 0 Å². The second-order valence-electron chi connectivity index (χ2n) is 8.83. The topological polar surface area (TPSA) is 17.1 Å². The number of hydrogen-bond acceptors (Lipinski definition) is 1. The average Bonchev–Trinajstić information content (AvgIpc) is 2.84. The Labute approximate surface area is 135 Å². The van der Waals surface area contributed by atoms with Crippen molar-refractivity contribution in [2.24, 2.45) is 34.5 Å². The zero-order valence-electron chi connectivity index (χ0n) is 14.4. The van der Waals surface area contributed by atoms with Gasteiger partial charge in [0, 0.05) is 5.41 Å². The first-order valence-corrected chi connectivity index (χ1v) is 9.43. The molecule has 0 aromatic heterocycles. The van der Waals surface area contributed by atoms with Crippen molar-refractivity contribution in [2.45, 2.75) is 65.7 Å². The Kier molecular flexibility index (Phi) is 3.23. The number of fused-ring (bicyclic) bond motifs is 5. The summed E-state index contributed by atoms with van der Waals surface area (Å²) < 4.78 is 0. The van der Waals surface area contributed by atoms with Crippen LogP contribution in [0, 0.1) is 34.5 Å². The summed E-state index contributed by atoms with van der Waals surface area (Å²) in [6.45, 7) is 7.40. The maximum Gasteiger partial charge on any atom is 0.178 e. The maximum atomic E-state index is 11.8. The van der Waals surface area contributed by atoms with Crippen LogP contribution in [0.3, 0.4) is 0 Å². The van der Waals surface area contributed by atoms with Gasteiger partial charge in [-0.3, -0.25) is 4.79 Å². The van der Waals surface area contributed by atoms with Gasteiger partial charge in [-0.25, -0.2) is 0 Å². The van der Waals surface area contributed by atoms with Gasteiger partial charge in [0.1, 0.15) is 0 Å². The summed E-state index contributed by atoms with van der Waals surface area (Å²) in [6, 6.07) is 0. The van der Waals surface area contributed by atoms with E-state index in [-0.39, 0.29) is 11.2 Å². The van der Waals surface area contributed by atoms with E-state index >= 15 is 0 Å². The summed E-state index contributed by atoms with van der Waals surface area (Å²) in [5.41, 5.74) is 2.19. The molecular formula is C21H30O. The van der Waals surface area contributed by atoms with E-state index in [1.54, 1.807) is 0 Å². The first kappa shape index (κ1) is 14.7. The van der Waals surface area contributed by atoms with Gasteiger partial charge in [-0.05, 0) is 79.8 Å². The molecule has 3 fully saturated rings. The van der Waals surface area contributed by atoms with Gasteiger partial charge >= 0.3 is 0 Å². The smallest absolute Gasteiger partial charge is 0.178 e. The molecule has 0 saturated heterocycles. The molecule has 22 heavy (non-hydrogen) atoms. The van der Waals surface area contributed by atoms with Gasteiger partial charge in [0.25, 0.3) is 0 Å². The first-order chi connectivity index (χ1) is 10.5. The molecule has 0 heterocycles. The SMILES string of the molecule is CCC1CC[C@H]2[C@@H]3CCC4=CC(=O)C=C[C@]4(C)[C@H]3CC[C@]12C. The van der Waals surface area contributed by atoms with Gasteiger partial charge in [0.05, 0.1) is 0 Å². The highest BCUT2D eigenvalue weighted by atomic mass is 16.1. The van der Waals surface area contributed by atoms with Crippen LogP contribution in [0.15, 0.2) is 23.8 Å². The predicted molar refractivity (Wildman–Crippen MR) is 90.4 cm³/mol. The van der Waals surface area contributed by atoms with E-state index < -0.39 is 0 Å². The lowest BCUT2D eigenvalue weighted by Gasteiger charge is -2.57. The van der Waals surface area contributed by atoms with Gasteiger partial charge in [0.2, 0.25) is 0 Å². The molecule has 4 aliphatic rings. The molecule has 1 nitrogen and oxygen atoms in total. The van der Waals surface area contributed by atoms with Gasteiger partial charge in [-0.2, -0.15) is 0 Å². The molecule has 0 aromatic rings. The quantitative estimate of drug-likeness (QED) is 0.640. The minimum atomic E-state index is 0.169. The standard InChI is InChI=1S/C21H30O/c1-4-14-6-8-18-17-7-5-15-13-16(22)9-11-21(15,3)19(17)10-12-20(14,18)2/h9,11,13-14,17-19H,4-8,10,12H2,1-3H3/t14?,17-,18-,19-,20+,21-/m0/s1. The van der Waals surface area contributed by atoms with Gasteiger partial charge < -0.3 is 0 Å². The maximum absolute atomic E-state index is 11.8. The van der Waals surface area contributed by atoms with Gasteiger partial charge in [-0.1, -0.05) is 38.8 Å². The molecule has 0 amide bonds. The van der Waals surface area contributed by atoms with Gasteiger partial charge in [-0.15, -0.1) is 0 Å². The van der Waals surface area contributed by atoms with Crippen molar-refractivity contribution in [3.8, 4) is 0 Å². The summed E-state index contributed by atoms with van der Waals surface area (Å²) >= 11 is 0. The normalized spacial score (nSPS) is 50.1. The fourth-order valence-corrected chi connectivity index (χ4v) is 6.98. The van der Waals surface area contributed by atoms with Crippen LogP contribution in [0.2, 0.25) is 0 Å². The van der Waals surface area contributed by atoms with Crippen molar-refractivity contribution in [1.29, 1.82) is 0 Å². The monoisotopic (exact) mass is 298 g/mol. The molecule has 0 aromatic carbocycles. The van der Waals surface area contributed by atoms with E-state index in [0.29, 0.717) is 5.41 Å². The Morgan fingerprint density at radius 3 is 2.73 bits per heavy atom. The van der Waals surface area contributed by atoms with Crippen molar-refractivity contribution >= 4 is 5.78 Å². The number of ketones is 1.